The molecule has 2 aliphatic rings. The minimum absolute atomic E-state index is 0.0272. The SMILES string of the molecule is CCC(C)CC(C)CCC(=O)O[C@@H]1[C@@H](O)[C@@]2(CC/C(=C\C(C)Cc3ccccc3)CNC(C)=O)O[C@H](C(=O)O)[C@@](O)(C(=O)O)[C@]1(C(=O)O)O2. The minimum Gasteiger partial charge on any atom is -0.479 e. The molecule has 1 amide bonds. The Hall–Kier alpha value is -3.85. The van der Waals surface area contributed by atoms with Gasteiger partial charge >= 0.3 is 23.9 Å². The lowest BCUT2D eigenvalue weighted by Crippen LogP contribution is -2.78. The number of allylic oxidation sites excluding steroid dienone is 1. The highest BCUT2D eigenvalue weighted by Gasteiger charge is 2.85. The van der Waals surface area contributed by atoms with Crippen LogP contribution < -0.4 is 5.32 Å². The van der Waals surface area contributed by atoms with Crippen molar-refractivity contribution in [1.29, 1.82) is 0 Å². The van der Waals surface area contributed by atoms with Gasteiger partial charge in [0.2, 0.25) is 29.0 Å². The maximum atomic E-state index is 13.1. The zero-order valence-corrected chi connectivity index (χ0v) is 28.6. The number of rotatable bonds is 18. The first-order valence-electron chi connectivity index (χ1n) is 16.6. The van der Waals surface area contributed by atoms with Crippen molar-refractivity contribution >= 4 is 29.8 Å². The molecule has 2 fully saturated rings. The second kappa shape index (κ2) is 16.2. The average molecular weight is 692 g/mol. The lowest BCUT2D eigenvalue weighted by Gasteiger charge is -2.48. The van der Waals surface area contributed by atoms with Crippen molar-refractivity contribution in [2.45, 2.75) is 115 Å². The van der Waals surface area contributed by atoms with Gasteiger partial charge in [-0.05, 0) is 49.0 Å². The van der Waals surface area contributed by atoms with Crippen molar-refractivity contribution in [3.05, 3.63) is 47.5 Å². The maximum absolute atomic E-state index is 13.1. The molecule has 3 rings (SSSR count). The molecule has 1 aromatic rings. The molecule has 272 valence electrons. The number of ether oxygens (including phenoxy) is 3. The van der Waals surface area contributed by atoms with E-state index < -0.39 is 65.6 Å². The molecular formula is C35H49NO13. The third-order valence-corrected chi connectivity index (χ3v) is 9.48. The second-order valence-electron chi connectivity index (χ2n) is 13.5. The molecule has 0 radical (unpaired) electrons. The normalized spacial score (nSPS) is 29.8. The first kappa shape index (κ1) is 39.6. The molecule has 0 spiro atoms. The fraction of sp³-hybridized carbons (Fsp3) is 0.629. The summed E-state index contributed by atoms with van der Waals surface area (Å²) in [5.74, 6) is -10.1. The van der Waals surface area contributed by atoms with Gasteiger partial charge in [0.15, 0.2) is 6.10 Å². The number of carboxylic acid groups (broad SMARTS) is 3. The molecule has 2 saturated heterocycles. The van der Waals surface area contributed by atoms with Crippen LogP contribution in [0.5, 0.6) is 0 Å². The molecule has 0 aliphatic carbocycles. The number of hydrogen-bond acceptors (Lipinski definition) is 10. The number of aliphatic hydroxyl groups excluding tert-OH is 1. The lowest BCUT2D eigenvalue weighted by molar-refractivity contribution is -0.374. The van der Waals surface area contributed by atoms with E-state index in [2.05, 4.69) is 12.2 Å². The van der Waals surface area contributed by atoms with Gasteiger partial charge in [-0.15, -0.1) is 0 Å². The van der Waals surface area contributed by atoms with Crippen LogP contribution >= 0.6 is 0 Å². The van der Waals surface area contributed by atoms with E-state index in [1.807, 2.05) is 57.2 Å². The van der Waals surface area contributed by atoms with Crippen LogP contribution in [-0.4, -0.2) is 97.2 Å². The fourth-order valence-electron chi connectivity index (χ4n) is 6.73. The van der Waals surface area contributed by atoms with Crippen molar-refractivity contribution in [3.8, 4) is 0 Å². The molecule has 2 heterocycles. The van der Waals surface area contributed by atoms with Gasteiger partial charge in [-0.1, -0.05) is 76.1 Å². The van der Waals surface area contributed by atoms with E-state index in [1.165, 1.54) is 6.92 Å². The summed E-state index contributed by atoms with van der Waals surface area (Å²) in [6.45, 7) is 9.29. The standard InChI is InChI=1S/C35H49NO13/c1-6-20(2)16-21(3)12-13-26(38)47-28-27(39)33(48-29(30(40)41)34(46,31(42)43)35(28,49-33)32(44)45)15-14-25(19-36-23(5)37)18-22(4)17-24-10-8-7-9-11-24/h7-11,18,20-22,27-29,39,46H,6,12-17,19H2,1-5H3,(H,36,37)(H,40,41)(H,42,43)(H,44,45)/b25-18+/t20?,21?,22?,27-,28-,29-,33+,34-,35+/m1/s1. The quantitative estimate of drug-likeness (QED) is 0.0963. The lowest BCUT2D eigenvalue weighted by atomic mass is 9.74. The Morgan fingerprint density at radius 1 is 1.00 bits per heavy atom. The number of aliphatic carboxylic acids is 3. The van der Waals surface area contributed by atoms with Crippen molar-refractivity contribution in [2.24, 2.45) is 17.8 Å². The Bertz CT molecular complexity index is 1400. The van der Waals surface area contributed by atoms with Crippen molar-refractivity contribution in [3.63, 3.8) is 0 Å². The Morgan fingerprint density at radius 2 is 1.65 bits per heavy atom. The number of fused-ring (bicyclic) bond motifs is 2. The summed E-state index contributed by atoms with van der Waals surface area (Å²) in [6, 6.07) is 9.57. The van der Waals surface area contributed by atoms with Crippen LogP contribution in [0.15, 0.2) is 42.0 Å². The Balaban J connectivity index is 2.01. The van der Waals surface area contributed by atoms with E-state index in [4.69, 9.17) is 14.2 Å². The molecule has 9 atom stereocenters. The summed E-state index contributed by atoms with van der Waals surface area (Å²) in [5.41, 5.74) is -5.72. The molecule has 49 heavy (non-hydrogen) atoms. The van der Waals surface area contributed by atoms with Crippen LogP contribution in [0.3, 0.4) is 0 Å². The minimum atomic E-state index is -3.85. The van der Waals surface area contributed by atoms with Crippen molar-refractivity contribution < 1.29 is 63.7 Å². The van der Waals surface area contributed by atoms with Gasteiger partial charge in [0, 0.05) is 26.3 Å². The zero-order chi connectivity index (χ0) is 36.7. The van der Waals surface area contributed by atoms with Crippen LogP contribution in [0.4, 0.5) is 0 Å². The fourth-order valence-corrected chi connectivity index (χ4v) is 6.73. The van der Waals surface area contributed by atoms with Gasteiger partial charge < -0.3 is 45.1 Å². The van der Waals surface area contributed by atoms with E-state index in [9.17, 15) is 49.5 Å². The smallest absolute Gasteiger partial charge is 0.344 e. The van der Waals surface area contributed by atoms with Gasteiger partial charge in [0.05, 0.1) is 0 Å². The number of amides is 1. The number of carboxylic acids is 3. The number of benzene rings is 1. The van der Waals surface area contributed by atoms with Gasteiger partial charge in [0.25, 0.3) is 0 Å². The van der Waals surface area contributed by atoms with Crippen LogP contribution in [0.2, 0.25) is 0 Å². The summed E-state index contributed by atoms with van der Waals surface area (Å²) < 4.78 is 16.7. The van der Waals surface area contributed by atoms with Crippen LogP contribution in [0.25, 0.3) is 0 Å². The molecule has 6 N–H and O–H groups in total. The molecule has 2 aliphatic heterocycles. The van der Waals surface area contributed by atoms with E-state index in [-0.39, 0.29) is 37.1 Å². The largest absolute Gasteiger partial charge is 0.479 e. The monoisotopic (exact) mass is 691 g/mol. The van der Waals surface area contributed by atoms with Crippen LogP contribution in [-0.2, 0) is 44.6 Å². The first-order chi connectivity index (χ1) is 22.9. The Morgan fingerprint density at radius 3 is 2.20 bits per heavy atom. The highest BCUT2D eigenvalue weighted by molar-refractivity contribution is 5.98. The maximum Gasteiger partial charge on any atom is 0.344 e. The summed E-state index contributed by atoms with van der Waals surface area (Å²) in [6.07, 6.45) is -3.64. The second-order valence-corrected chi connectivity index (χ2v) is 13.5. The molecule has 1 aromatic carbocycles. The predicted molar refractivity (Wildman–Crippen MR) is 173 cm³/mol. The number of nitrogens with one attached hydrogen (secondary N) is 1. The number of carbonyl (C=O) groups is 5. The van der Waals surface area contributed by atoms with Gasteiger partial charge in [-0.3, -0.25) is 9.59 Å². The van der Waals surface area contributed by atoms with Crippen molar-refractivity contribution in [2.75, 3.05) is 6.54 Å². The number of esters is 1. The molecule has 14 nitrogen and oxygen atoms in total. The highest BCUT2D eigenvalue weighted by atomic mass is 16.8. The van der Waals surface area contributed by atoms with Crippen molar-refractivity contribution in [1.82, 2.24) is 5.32 Å². The highest BCUT2D eigenvalue weighted by Crippen LogP contribution is 2.55. The summed E-state index contributed by atoms with van der Waals surface area (Å²) in [7, 11) is 0. The van der Waals surface area contributed by atoms with Crippen LogP contribution in [0.1, 0.15) is 78.7 Å². The molecular weight excluding hydrogens is 642 g/mol. The summed E-state index contributed by atoms with van der Waals surface area (Å²) in [5, 5.41) is 56.4. The molecule has 0 aromatic heterocycles. The summed E-state index contributed by atoms with van der Waals surface area (Å²) >= 11 is 0. The van der Waals surface area contributed by atoms with Crippen LogP contribution in [0, 0.1) is 17.8 Å². The van der Waals surface area contributed by atoms with Gasteiger partial charge in [-0.2, -0.15) is 0 Å². The van der Waals surface area contributed by atoms with E-state index >= 15 is 0 Å². The van der Waals surface area contributed by atoms with E-state index in [0.717, 1.165) is 18.4 Å². The molecule has 3 unspecified atom stereocenters. The van der Waals surface area contributed by atoms with Gasteiger partial charge in [-0.25, -0.2) is 14.4 Å². The number of hydrogen-bond donors (Lipinski definition) is 6. The van der Waals surface area contributed by atoms with Gasteiger partial charge in [0.1, 0.15) is 6.10 Å². The topological polar surface area (TPSA) is 226 Å². The third kappa shape index (κ3) is 8.48. The third-order valence-electron chi connectivity index (χ3n) is 9.48. The average Bonchev–Trinajstić information content (AvgIpc) is 3.25. The summed E-state index contributed by atoms with van der Waals surface area (Å²) in [4.78, 5) is 62.9. The zero-order valence-electron chi connectivity index (χ0n) is 28.6. The van der Waals surface area contributed by atoms with E-state index in [0.29, 0.717) is 24.3 Å². The predicted octanol–water partition coefficient (Wildman–Crippen LogP) is 2.68. The number of carbonyl (C=O) groups excluding carboxylic acids is 2. The number of aliphatic hydroxyl groups is 2. The molecule has 2 bridgehead atoms. The Labute approximate surface area is 285 Å². The molecule has 14 heteroatoms. The van der Waals surface area contributed by atoms with E-state index in [1.54, 1.807) is 0 Å². The first-order valence-corrected chi connectivity index (χ1v) is 16.6. The molecule has 0 saturated carbocycles. The Kier molecular flexibility index (Phi) is 13.1.